The van der Waals surface area contributed by atoms with Crippen LogP contribution in [0.5, 0.6) is 0 Å². The summed E-state index contributed by atoms with van der Waals surface area (Å²) in [5.41, 5.74) is 1.36. The number of carbonyl (C=O) groups is 3. The van der Waals surface area contributed by atoms with Gasteiger partial charge in [-0.3, -0.25) is 9.69 Å². The van der Waals surface area contributed by atoms with E-state index in [1.54, 1.807) is 35.5 Å². The highest BCUT2D eigenvalue weighted by atomic mass is 32.2. The van der Waals surface area contributed by atoms with Crippen LogP contribution in [0.3, 0.4) is 0 Å². The van der Waals surface area contributed by atoms with Crippen molar-refractivity contribution in [1.29, 1.82) is 5.26 Å². The fraction of sp³-hybridized carbons (Fsp3) is 0.294. The quantitative estimate of drug-likeness (QED) is 0.342. The van der Waals surface area contributed by atoms with Crippen molar-refractivity contribution in [2.75, 3.05) is 6.54 Å². The Morgan fingerprint density at radius 1 is 1.42 bits per heavy atom. The molecule has 1 amide bonds. The Bertz CT molecular complexity index is 906. The lowest BCUT2D eigenvalue weighted by Gasteiger charge is -2.47. The van der Waals surface area contributed by atoms with Gasteiger partial charge in [0, 0.05) is 5.56 Å². The maximum atomic E-state index is 12.8. The third-order valence-electron chi connectivity index (χ3n) is 4.38. The maximum Gasteiger partial charge on any atom is 0.360 e. The van der Waals surface area contributed by atoms with Gasteiger partial charge < -0.3 is 13.8 Å². The number of ether oxygens (including phenoxy) is 2. The molecule has 1 unspecified atom stereocenters. The van der Waals surface area contributed by atoms with E-state index >= 15 is 0 Å². The summed E-state index contributed by atoms with van der Waals surface area (Å²) in [5, 5.41) is 8.73. The number of allylic oxidation sites excluding steroid dienone is 1. The Morgan fingerprint density at radius 2 is 2.19 bits per heavy atom. The average Bonchev–Trinajstić information content (AvgIpc) is 2.93. The molecule has 4 rings (SSSR count). The number of carbonyl (C=O) groups excluding carboxylic acids is 3. The summed E-state index contributed by atoms with van der Waals surface area (Å²) in [6, 6.07) is 8.69. The molecule has 132 valence electrons. The predicted molar refractivity (Wildman–Crippen MR) is 88.6 cm³/mol. The highest BCUT2D eigenvalue weighted by Crippen LogP contribution is 2.43. The van der Waals surface area contributed by atoms with E-state index in [9.17, 15) is 14.4 Å². The summed E-state index contributed by atoms with van der Waals surface area (Å²) in [6.45, 7) is 1.73. The van der Waals surface area contributed by atoms with Crippen LogP contribution in [0.4, 0.5) is 0 Å². The van der Waals surface area contributed by atoms with E-state index in [4.69, 9.17) is 14.7 Å². The number of nitrogens with zero attached hydrogens (tertiary/aromatic N) is 3. The summed E-state index contributed by atoms with van der Waals surface area (Å²) in [5.74, 6) is -1.51. The lowest BCUT2D eigenvalue weighted by Crippen LogP contribution is -2.56. The molecule has 0 saturated carbocycles. The number of cyclic esters (lactones) is 1. The molecule has 1 aromatic rings. The van der Waals surface area contributed by atoms with Crippen LogP contribution >= 0.6 is 11.9 Å². The fourth-order valence-electron chi connectivity index (χ4n) is 3.08. The van der Waals surface area contributed by atoms with Gasteiger partial charge in [0.2, 0.25) is 5.91 Å². The van der Waals surface area contributed by atoms with E-state index in [1.807, 2.05) is 6.07 Å². The van der Waals surface area contributed by atoms with Crippen LogP contribution in [0, 0.1) is 11.3 Å². The molecule has 3 aliphatic rings. The SMILES string of the molecule is CC1=C(C(=O)OC2OC(=O)c3ccccc32)N2C(=O)C[C@@H]2SN1CC#N. The molecule has 26 heavy (non-hydrogen) atoms. The second kappa shape index (κ2) is 6.07. The molecule has 0 aliphatic carbocycles. The average molecular weight is 371 g/mol. The second-order valence-electron chi connectivity index (χ2n) is 5.89. The first-order valence-electron chi connectivity index (χ1n) is 7.86. The molecule has 3 heterocycles. The number of benzene rings is 1. The molecule has 0 radical (unpaired) electrons. The van der Waals surface area contributed by atoms with Crippen LogP contribution in [0.25, 0.3) is 0 Å². The van der Waals surface area contributed by atoms with Crippen molar-refractivity contribution in [3.8, 4) is 6.07 Å². The van der Waals surface area contributed by atoms with Gasteiger partial charge in [-0.25, -0.2) is 9.59 Å². The molecule has 8 nitrogen and oxygen atoms in total. The summed E-state index contributed by atoms with van der Waals surface area (Å²) in [4.78, 5) is 38.0. The smallest absolute Gasteiger partial charge is 0.360 e. The molecule has 1 fully saturated rings. The number of hydrogen-bond donors (Lipinski definition) is 0. The Labute approximate surface area is 153 Å². The minimum Gasteiger partial charge on any atom is -0.417 e. The van der Waals surface area contributed by atoms with Crippen molar-refractivity contribution in [2.24, 2.45) is 0 Å². The van der Waals surface area contributed by atoms with Crippen LogP contribution in [-0.2, 0) is 19.1 Å². The Morgan fingerprint density at radius 3 is 2.92 bits per heavy atom. The molecule has 0 aromatic heterocycles. The van der Waals surface area contributed by atoms with Crippen molar-refractivity contribution >= 4 is 29.8 Å². The van der Waals surface area contributed by atoms with Crippen LogP contribution in [0.2, 0.25) is 0 Å². The lowest BCUT2D eigenvalue weighted by molar-refractivity contribution is -0.168. The number of amides is 1. The number of esters is 2. The molecule has 1 aromatic carbocycles. The van der Waals surface area contributed by atoms with Crippen LogP contribution in [0.15, 0.2) is 35.7 Å². The van der Waals surface area contributed by atoms with Gasteiger partial charge in [0.15, 0.2) is 5.70 Å². The Hall–Kier alpha value is -2.99. The maximum absolute atomic E-state index is 12.8. The number of rotatable bonds is 3. The van der Waals surface area contributed by atoms with Crippen molar-refractivity contribution in [3.63, 3.8) is 0 Å². The topological polar surface area (TPSA) is 99.9 Å². The monoisotopic (exact) mass is 371 g/mol. The summed E-state index contributed by atoms with van der Waals surface area (Å²) < 4.78 is 12.2. The number of fused-ring (bicyclic) bond motifs is 2. The molecule has 0 spiro atoms. The molecule has 1 saturated heterocycles. The lowest BCUT2D eigenvalue weighted by atomic mass is 10.1. The predicted octanol–water partition coefficient (Wildman–Crippen LogP) is 1.68. The van der Waals surface area contributed by atoms with Gasteiger partial charge in [-0.1, -0.05) is 18.2 Å². The third-order valence-corrected chi connectivity index (χ3v) is 5.66. The van der Waals surface area contributed by atoms with Crippen molar-refractivity contribution in [1.82, 2.24) is 9.21 Å². The van der Waals surface area contributed by atoms with Gasteiger partial charge in [-0.15, -0.1) is 0 Å². The summed E-state index contributed by atoms with van der Waals surface area (Å²) in [6.07, 6.45) is -0.863. The zero-order chi connectivity index (χ0) is 18.4. The van der Waals surface area contributed by atoms with E-state index in [1.165, 1.54) is 16.8 Å². The molecule has 2 atom stereocenters. The van der Waals surface area contributed by atoms with E-state index in [-0.39, 0.29) is 29.9 Å². The zero-order valence-electron chi connectivity index (χ0n) is 13.7. The first kappa shape index (κ1) is 16.5. The van der Waals surface area contributed by atoms with Gasteiger partial charge in [0.25, 0.3) is 6.29 Å². The van der Waals surface area contributed by atoms with Gasteiger partial charge >= 0.3 is 11.9 Å². The van der Waals surface area contributed by atoms with E-state index in [2.05, 4.69) is 0 Å². The van der Waals surface area contributed by atoms with Crippen LogP contribution in [0.1, 0.15) is 35.6 Å². The minimum absolute atomic E-state index is 0.0764. The normalized spacial score (nSPS) is 23.7. The Kier molecular flexibility index (Phi) is 3.85. The van der Waals surface area contributed by atoms with Gasteiger partial charge in [-0.2, -0.15) is 5.26 Å². The van der Waals surface area contributed by atoms with Crippen LogP contribution in [-0.4, -0.2) is 39.0 Å². The van der Waals surface area contributed by atoms with Crippen molar-refractivity contribution < 1.29 is 23.9 Å². The first-order valence-corrected chi connectivity index (χ1v) is 8.70. The third kappa shape index (κ3) is 2.42. The van der Waals surface area contributed by atoms with Crippen molar-refractivity contribution in [3.05, 3.63) is 46.8 Å². The number of hydrogen-bond acceptors (Lipinski definition) is 8. The van der Waals surface area contributed by atoms with Crippen molar-refractivity contribution in [2.45, 2.75) is 25.0 Å². The van der Waals surface area contributed by atoms with E-state index < -0.39 is 18.2 Å². The van der Waals surface area contributed by atoms with E-state index in [0.29, 0.717) is 16.8 Å². The highest BCUT2D eigenvalue weighted by Gasteiger charge is 2.48. The van der Waals surface area contributed by atoms with E-state index in [0.717, 1.165) is 0 Å². The fourth-order valence-corrected chi connectivity index (χ4v) is 4.28. The number of β-lactam (4-membered cyclic amide) rings is 1. The zero-order valence-corrected chi connectivity index (χ0v) is 14.5. The largest absolute Gasteiger partial charge is 0.417 e. The molecular weight excluding hydrogens is 358 g/mol. The van der Waals surface area contributed by atoms with Gasteiger partial charge in [-0.05, 0) is 24.9 Å². The number of nitriles is 1. The standard InChI is InChI=1S/C17H13N3O5S/c1-9-14(20-12(21)8-13(20)26-19(9)7-6-18)16(23)25-17-11-5-3-2-4-10(11)15(22)24-17/h2-5,13,17H,7-8H2,1H3/t13-,17?/m0/s1. The second-order valence-corrected chi connectivity index (χ2v) is 7.08. The molecule has 3 aliphatic heterocycles. The summed E-state index contributed by atoms with van der Waals surface area (Å²) in [7, 11) is 0. The first-order chi connectivity index (χ1) is 12.5. The highest BCUT2D eigenvalue weighted by molar-refractivity contribution is 7.97. The van der Waals surface area contributed by atoms with Gasteiger partial charge in [0.05, 0.1) is 23.8 Å². The molecule has 0 N–H and O–H groups in total. The molecule has 9 heteroatoms. The molecule has 0 bridgehead atoms. The minimum atomic E-state index is -1.15. The van der Waals surface area contributed by atoms with Crippen LogP contribution < -0.4 is 0 Å². The Balaban J connectivity index is 1.63. The summed E-state index contributed by atoms with van der Waals surface area (Å²) >= 11 is 1.34. The molecular formula is C17H13N3O5S. The van der Waals surface area contributed by atoms with Gasteiger partial charge in [0.1, 0.15) is 11.9 Å².